The standard InChI is InChI=1S/C36H37N5O6/c1-35(2)46-30-27(19-20-28(42)44-4)45-34(31(30)47-35)41-22-39-29-32(37-21-38-33(29)41)40-36(23-11-7-5-8-12-23,24-13-9-6-10-14-24)25-15-17-26(43-3)18-16-25/h5-18,21-22,27,30-31,34H,19-20H2,1-4H3,(H,37,38,40)/t27-,30-,31-,34-/m1/s1. The van der Waals surface area contributed by atoms with Crippen LogP contribution in [0.25, 0.3) is 11.2 Å². The lowest BCUT2D eigenvalue weighted by Crippen LogP contribution is -2.38. The number of hydrogen-bond donors (Lipinski definition) is 1. The Morgan fingerprint density at radius 1 is 0.872 bits per heavy atom. The molecule has 4 atom stereocenters. The van der Waals surface area contributed by atoms with E-state index in [9.17, 15) is 4.79 Å². The van der Waals surface area contributed by atoms with Crippen molar-refractivity contribution in [1.82, 2.24) is 19.5 Å². The second-order valence-corrected chi connectivity index (χ2v) is 12.1. The fraction of sp³-hybridized carbons (Fsp3) is 0.333. The molecular formula is C36H37N5O6. The molecule has 2 saturated heterocycles. The number of nitrogens with one attached hydrogen (secondary N) is 1. The Kier molecular flexibility index (Phi) is 8.13. The van der Waals surface area contributed by atoms with Crippen molar-refractivity contribution >= 4 is 23.0 Å². The van der Waals surface area contributed by atoms with Gasteiger partial charge in [0.1, 0.15) is 29.8 Å². The highest BCUT2D eigenvalue weighted by molar-refractivity contribution is 5.84. The molecule has 3 aromatic carbocycles. The number of aromatic nitrogens is 4. The van der Waals surface area contributed by atoms with Crippen LogP contribution in [0.15, 0.2) is 97.6 Å². The second-order valence-electron chi connectivity index (χ2n) is 12.1. The fourth-order valence-electron chi connectivity index (χ4n) is 6.72. The average molecular weight is 636 g/mol. The molecule has 0 amide bonds. The van der Waals surface area contributed by atoms with E-state index in [1.807, 2.05) is 66.9 Å². The summed E-state index contributed by atoms with van der Waals surface area (Å²) in [7, 11) is 3.04. The minimum Gasteiger partial charge on any atom is -0.497 e. The van der Waals surface area contributed by atoms with Gasteiger partial charge in [0.25, 0.3) is 0 Å². The number of carbonyl (C=O) groups excluding carboxylic acids is 1. The molecule has 5 aromatic rings. The summed E-state index contributed by atoms with van der Waals surface area (Å²) in [6.07, 6.45) is 2.05. The van der Waals surface area contributed by atoms with Gasteiger partial charge in [-0.2, -0.15) is 0 Å². The van der Waals surface area contributed by atoms with Gasteiger partial charge < -0.3 is 29.0 Å². The van der Waals surface area contributed by atoms with Crippen LogP contribution in [0.4, 0.5) is 5.82 Å². The molecular weight excluding hydrogens is 598 g/mol. The molecule has 0 saturated carbocycles. The number of imidazole rings is 1. The number of ether oxygens (including phenoxy) is 5. The number of esters is 1. The quantitative estimate of drug-likeness (QED) is 0.153. The van der Waals surface area contributed by atoms with E-state index in [2.05, 4.69) is 46.7 Å². The van der Waals surface area contributed by atoms with E-state index < -0.39 is 23.7 Å². The maximum Gasteiger partial charge on any atom is 0.305 e. The molecule has 2 aliphatic heterocycles. The van der Waals surface area contributed by atoms with Crippen LogP contribution in [0.1, 0.15) is 49.6 Å². The van der Waals surface area contributed by atoms with Gasteiger partial charge in [0, 0.05) is 6.42 Å². The van der Waals surface area contributed by atoms with Gasteiger partial charge in [0.15, 0.2) is 29.0 Å². The van der Waals surface area contributed by atoms with Crippen LogP contribution < -0.4 is 10.1 Å². The van der Waals surface area contributed by atoms with Gasteiger partial charge in [-0.25, -0.2) is 15.0 Å². The first-order chi connectivity index (χ1) is 22.8. The normalized spacial score (nSPS) is 21.8. The number of carbonyl (C=O) groups is 1. The Bertz CT molecular complexity index is 1810. The van der Waals surface area contributed by atoms with Crippen molar-refractivity contribution in [3.05, 3.63) is 114 Å². The van der Waals surface area contributed by atoms with Crippen LogP contribution in [0.5, 0.6) is 5.75 Å². The molecule has 47 heavy (non-hydrogen) atoms. The third kappa shape index (κ3) is 5.60. The highest BCUT2D eigenvalue weighted by atomic mass is 16.8. The van der Waals surface area contributed by atoms with Crippen molar-refractivity contribution in [2.24, 2.45) is 0 Å². The van der Waals surface area contributed by atoms with Crippen LogP contribution in [-0.2, 0) is 29.3 Å². The van der Waals surface area contributed by atoms with Crippen molar-refractivity contribution in [1.29, 1.82) is 0 Å². The number of hydrogen-bond acceptors (Lipinski definition) is 10. The van der Waals surface area contributed by atoms with Crippen molar-refractivity contribution in [3.8, 4) is 5.75 Å². The minimum absolute atomic E-state index is 0.203. The maximum absolute atomic E-state index is 12.0. The zero-order valence-corrected chi connectivity index (χ0v) is 26.7. The lowest BCUT2D eigenvalue weighted by molar-refractivity contribution is -0.197. The van der Waals surface area contributed by atoms with E-state index in [1.165, 1.54) is 13.4 Å². The van der Waals surface area contributed by atoms with Crippen LogP contribution in [0, 0.1) is 0 Å². The van der Waals surface area contributed by atoms with E-state index in [0.717, 1.165) is 22.4 Å². The highest BCUT2D eigenvalue weighted by Crippen LogP contribution is 2.46. The highest BCUT2D eigenvalue weighted by Gasteiger charge is 2.56. The maximum atomic E-state index is 12.0. The minimum atomic E-state index is -0.861. The molecule has 1 N–H and O–H groups in total. The summed E-state index contributed by atoms with van der Waals surface area (Å²) in [6.45, 7) is 3.75. The summed E-state index contributed by atoms with van der Waals surface area (Å²) in [5, 5.41) is 3.82. The first-order valence-corrected chi connectivity index (χ1v) is 15.6. The lowest BCUT2D eigenvalue weighted by Gasteiger charge is -2.37. The Morgan fingerprint density at radius 3 is 2.15 bits per heavy atom. The molecule has 2 aliphatic rings. The van der Waals surface area contributed by atoms with E-state index in [-0.39, 0.29) is 24.6 Å². The summed E-state index contributed by atoms with van der Waals surface area (Å²) in [6, 6.07) is 28.5. The van der Waals surface area contributed by atoms with Gasteiger partial charge in [-0.15, -0.1) is 0 Å². The Balaban J connectivity index is 1.32. The van der Waals surface area contributed by atoms with Crippen LogP contribution >= 0.6 is 0 Å². The molecule has 11 nitrogen and oxygen atoms in total. The van der Waals surface area contributed by atoms with E-state index >= 15 is 0 Å². The predicted octanol–water partition coefficient (Wildman–Crippen LogP) is 5.61. The van der Waals surface area contributed by atoms with Crippen molar-refractivity contribution in [2.45, 2.75) is 62.6 Å². The van der Waals surface area contributed by atoms with Gasteiger partial charge in [-0.3, -0.25) is 9.36 Å². The first-order valence-electron chi connectivity index (χ1n) is 15.6. The van der Waals surface area contributed by atoms with Gasteiger partial charge in [-0.1, -0.05) is 72.8 Å². The van der Waals surface area contributed by atoms with Crippen LogP contribution in [-0.4, -0.2) is 63.8 Å². The Morgan fingerprint density at radius 2 is 1.51 bits per heavy atom. The lowest BCUT2D eigenvalue weighted by atomic mass is 9.77. The Hall–Kier alpha value is -4.84. The largest absolute Gasteiger partial charge is 0.497 e. The number of benzene rings is 3. The molecule has 7 rings (SSSR count). The van der Waals surface area contributed by atoms with Crippen molar-refractivity contribution in [3.63, 3.8) is 0 Å². The van der Waals surface area contributed by atoms with Gasteiger partial charge in [0.2, 0.25) is 0 Å². The molecule has 4 heterocycles. The van der Waals surface area contributed by atoms with Crippen LogP contribution in [0.3, 0.4) is 0 Å². The third-order valence-corrected chi connectivity index (χ3v) is 8.86. The van der Waals surface area contributed by atoms with Crippen LogP contribution in [0.2, 0.25) is 0 Å². The van der Waals surface area contributed by atoms with E-state index in [1.54, 1.807) is 13.4 Å². The van der Waals surface area contributed by atoms with E-state index in [4.69, 9.17) is 33.7 Å². The van der Waals surface area contributed by atoms with Crippen molar-refractivity contribution in [2.75, 3.05) is 19.5 Å². The smallest absolute Gasteiger partial charge is 0.305 e. The zero-order valence-electron chi connectivity index (χ0n) is 26.7. The van der Waals surface area contributed by atoms with Gasteiger partial charge >= 0.3 is 5.97 Å². The average Bonchev–Trinajstić information content (AvgIpc) is 3.77. The summed E-state index contributed by atoms with van der Waals surface area (Å²) < 4.78 is 31.3. The number of nitrogens with zero attached hydrogens (tertiary/aromatic N) is 4. The summed E-state index contributed by atoms with van der Waals surface area (Å²) in [5.74, 6) is 0.175. The zero-order chi connectivity index (χ0) is 32.6. The second kappa shape index (κ2) is 12.4. The SMILES string of the molecule is COC(=O)CC[C@H]1O[C@@H](n2cnc3c(NC(c4ccccc4)(c4ccccc4)c4ccc(OC)cc4)ncnc32)[C@@H]2OC(C)(C)O[C@@H]21. The summed E-state index contributed by atoms with van der Waals surface area (Å²) >= 11 is 0. The topological polar surface area (TPSA) is 119 Å². The molecule has 242 valence electrons. The molecule has 2 fully saturated rings. The molecule has 0 aliphatic carbocycles. The molecule has 0 spiro atoms. The van der Waals surface area contributed by atoms with Gasteiger partial charge in [0.05, 0.1) is 26.7 Å². The van der Waals surface area contributed by atoms with Crippen molar-refractivity contribution < 1.29 is 28.5 Å². The third-order valence-electron chi connectivity index (χ3n) is 8.86. The molecule has 0 bridgehead atoms. The number of fused-ring (bicyclic) bond motifs is 2. The fourth-order valence-corrected chi connectivity index (χ4v) is 6.72. The molecule has 2 aromatic heterocycles. The molecule has 11 heteroatoms. The van der Waals surface area contributed by atoms with Gasteiger partial charge in [-0.05, 0) is 49.1 Å². The van der Waals surface area contributed by atoms with E-state index in [0.29, 0.717) is 23.4 Å². The monoisotopic (exact) mass is 635 g/mol. The molecule has 0 unspecified atom stereocenters. The first kappa shape index (κ1) is 30.8. The number of rotatable bonds is 10. The number of anilines is 1. The summed E-state index contributed by atoms with van der Waals surface area (Å²) in [5.41, 5.74) is 3.27. The number of methoxy groups -OCH3 is 2. The summed E-state index contributed by atoms with van der Waals surface area (Å²) in [4.78, 5) is 26.2. The predicted molar refractivity (Wildman–Crippen MR) is 174 cm³/mol. The molecule has 0 radical (unpaired) electrons. The Labute approximate surface area is 272 Å².